The van der Waals surface area contributed by atoms with Crippen molar-refractivity contribution in [3.05, 3.63) is 29.8 Å². The van der Waals surface area contributed by atoms with Crippen LogP contribution in [-0.4, -0.2) is 48.7 Å². The number of hydrogen-bond acceptors (Lipinski definition) is 4. The second-order valence-electron chi connectivity index (χ2n) is 6.22. The Balaban J connectivity index is 1.54. The third-order valence-corrected chi connectivity index (χ3v) is 4.16. The van der Waals surface area contributed by atoms with Gasteiger partial charge < -0.3 is 15.0 Å². The summed E-state index contributed by atoms with van der Waals surface area (Å²) in [4.78, 5) is 36.4. The van der Waals surface area contributed by atoms with Crippen LogP contribution in [0, 0.1) is 0 Å². The Morgan fingerprint density at radius 3 is 2.84 bits per heavy atom. The van der Waals surface area contributed by atoms with Gasteiger partial charge >= 0.3 is 0 Å². The molecule has 0 radical (unpaired) electrons. The van der Waals surface area contributed by atoms with E-state index in [1.807, 2.05) is 4.90 Å². The van der Waals surface area contributed by atoms with Gasteiger partial charge in [-0.15, -0.1) is 0 Å². The van der Waals surface area contributed by atoms with E-state index in [1.54, 1.807) is 24.3 Å². The zero-order valence-corrected chi connectivity index (χ0v) is 14.8. The summed E-state index contributed by atoms with van der Waals surface area (Å²) in [6, 6.07) is 7.04. The van der Waals surface area contributed by atoms with Gasteiger partial charge in [-0.3, -0.25) is 14.4 Å². The molecule has 2 amide bonds. The maximum Gasteiger partial charge on any atom is 0.222 e. The van der Waals surface area contributed by atoms with Crippen LogP contribution in [-0.2, 0) is 9.59 Å². The molecular weight excluding hydrogens is 320 g/mol. The van der Waals surface area contributed by atoms with E-state index < -0.39 is 0 Å². The highest BCUT2D eigenvalue weighted by molar-refractivity contribution is 5.94. The van der Waals surface area contributed by atoms with Crippen molar-refractivity contribution in [3.63, 3.8) is 0 Å². The minimum absolute atomic E-state index is 0.000424. The summed E-state index contributed by atoms with van der Waals surface area (Å²) in [7, 11) is 0. The minimum atomic E-state index is -0.00571. The molecule has 6 nitrogen and oxygen atoms in total. The van der Waals surface area contributed by atoms with Gasteiger partial charge in [0.2, 0.25) is 11.8 Å². The van der Waals surface area contributed by atoms with Crippen molar-refractivity contribution in [2.75, 3.05) is 26.2 Å². The number of benzene rings is 1. The SMILES string of the molecule is CC(=O)c1cccc(OCCCC(=O)NCCCN2CCCC2=O)c1. The Labute approximate surface area is 148 Å². The van der Waals surface area contributed by atoms with Crippen molar-refractivity contribution in [1.82, 2.24) is 10.2 Å². The molecule has 0 spiro atoms. The summed E-state index contributed by atoms with van der Waals surface area (Å²) in [6.07, 6.45) is 3.39. The van der Waals surface area contributed by atoms with Crippen molar-refractivity contribution < 1.29 is 19.1 Å². The van der Waals surface area contributed by atoms with Gasteiger partial charge in [0.25, 0.3) is 0 Å². The molecule has 1 saturated heterocycles. The number of likely N-dealkylation sites (tertiary alicyclic amines) is 1. The third-order valence-electron chi connectivity index (χ3n) is 4.16. The molecule has 136 valence electrons. The van der Waals surface area contributed by atoms with Crippen LogP contribution in [0.15, 0.2) is 24.3 Å². The minimum Gasteiger partial charge on any atom is -0.494 e. The lowest BCUT2D eigenvalue weighted by molar-refractivity contribution is -0.127. The molecule has 1 heterocycles. The van der Waals surface area contributed by atoms with Crippen LogP contribution in [0.2, 0.25) is 0 Å². The van der Waals surface area contributed by atoms with Gasteiger partial charge in [-0.2, -0.15) is 0 Å². The molecule has 0 bridgehead atoms. The number of Topliss-reactive ketones (excluding diaryl/α,β-unsaturated/α-hetero) is 1. The number of nitrogens with zero attached hydrogens (tertiary/aromatic N) is 1. The van der Waals surface area contributed by atoms with Crippen LogP contribution >= 0.6 is 0 Å². The topological polar surface area (TPSA) is 75.7 Å². The fourth-order valence-electron chi connectivity index (χ4n) is 2.75. The molecule has 1 fully saturated rings. The highest BCUT2D eigenvalue weighted by Gasteiger charge is 2.18. The number of ether oxygens (including phenoxy) is 1. The first kappa shape index (κ1) is 19.0. The Morgan fingerprint density at radius 1 is 1.28 bits per heavy atom. The van der Waals surface area contributed by atoms with Crippen molar-refractivity contribution in [3.8, 4) is 5.75 Å². The maximum atomic E-state index is 11.8. The third kappa shape index (κ3) is 6.57. The molecule has 0 atom stereocenters. The Kier molecular flexibility index (Phi) is 7.44. The average molecular weight is 346 g/mol. The second kappa shape index (κ2) is 9.81. The fraction of sp³-hybridized carbons (Fsp3) is 0.526. The summed E-state index contributed by atoms with van der Waals surface area (Å²) in [5.41, 5.74) is 0.617. The molecular formula is C19H26N2O4. The predicted octanol–water partition coefficient (Wildman–Crippen LogP) is 2.18. The lowest BCUT2D eigenvalue weighted by Gasteiger charge is -2.15. The molecule has 1 aliphatic rings. The van der Waals surface area contributed by atoms with Gasteiger partial charge in [0.1, 0.15) is 5.75 Å². The van der Waals surface area contributed by atoms with Gasteiger partial charge in [-0.25, -0.2) is 0 Å². The van der Waals surface area contributed by atoms with E-state index in [9.17, 15) is 14.4 Å². The first-order chi connectivity index (χ1) is 12.1. The van der Waals surface area contributed by atoms with Crippen molar-refractivity contribution >= 4 is 17.6 Å². The lowest BCUT2D eigenvalue weighted by Crippen LogP contribution is -2.30. The molecule has 1 aromatic carbocycles. The lowest BCUT2D eigenvalue weighted by atomic mass is 10.1. The average Bonchev–Trinajstić information content (AvgIpc) is 3.01. The molecule has 1 aliphatic heterocycles. The van der Waals surface area contributed by atoms with Crippen LogP contribution in [0.3, 0.4) is 0 Å². The predicted molar refractivity (Wildman–Crippen MR) is 94.6 cm³/mol. The zero-order chi connectivity index (χ0) is 18.1. The molecule has 2 rings (SSSR count). The van der Waals surface area contributed by atoms with E-state index in [2.05, 4.69) is 5.32 Å². The largest absolute Gasteiger partial charge is 0.494 e. The highest BCUT2D eigenvalue weighted by Crippen LogP contribution is 2.14. The number of carbonyl (C=O) groups is 3. The van der Waals surface area contributed by atoms with E-state index in [4.69, 9.17) is 4.74 Å². The monoisotopic (exact) mass is 346 g/mol. The van der Waals surface area contributed by atoms with Gasteiger partial charge in [-0.05, 0) is 38.3 Å². The summed E-state index contributed by atoms with van der Waals surface area (Å²) in [5.74, 6) is 0.856. The van der Waals surface area contributed by atoms with Crippen LogP contribution in [0.1, 0.15) is 49.4 Å². The molecule has 0 unspecified atom stereocenters. The molecule has 0 saturated carbocycles. The smallest absolute Gasteiger partial charge is 0.222 e. The summed E-state index contributed by atoms with van der Waals surface area (Å²) >= 11 is 0. The number of nitrogens with one attached hydrogen (secondary N) is 1. The Bertz CT molecular complexity index is 615. The summed E-state index contributed by atoms with van der Waals surface area (Å²) in [5, 5.41) is 2.87. The zero-order valence-electron chi connectivity index (χ0n) is 14.8. The summed E-state index contributed by atoms with van der Waals surface area (Å²) < 4.78 is 5.58. The van der Waals surface area contributed by atoms with Crippen molar-refractivity contribution in [2.24, 2.45) is 0 Å². The van der Waals surface area contributed by atoms with Gasteiger partial charge in [0, 0.05) is 38.0 Å². The number of ketones is 1. The van der Waals surface area contributed by atoms with E-state index in [1.165, 1.54) is 6.92 Å². The van der Waals surface area contributed by atoms with Crippen LogP contribution in [0.25, 0.3) is 0 Å². The number of hydrogen-bond donors (Lipinski definition) is 1. The highest BCUT2D eigenvalue weighted by atomic mass is 16.5. The molecule has 1 aromatic rings. The van der Waals surface area contributed by atoms with E-state index >= 15 is 0 Å². The Hall–Kier alpha value is -2.37. The fourth-order valence-corrected chi connectivity index (χ4v) is 2.75. The van der Waals surface area contributed by atoms with Gasteiger partial charge in [-0.1, -0.05) is 12.1 Å². The molecule has 1 N–H and O–H groups in total. The van der Waals surface area contributed by atoms with Gasteiger partial charge in [0.15, 0.2) is 5.78 Å². The van der Waals surface area contributed by atoms with E-state index in [-0.39, 0.29) is 17.6 Å². The van der Waals surface area contributed by atoms with Crippen LogP contribution < -0.4 is 10.1 Å². The normalized spacial score (nSPS) is 13.8. The maximum absolute atomic E-state index is 11.8. The Morgan fingerprint density at radius 2 is 2.12 bits per heavy atom. The first-order valence-corrected chi connectivity index (χ1v) is 8.84. The first-order valence-electron chi connectivity index (χ1n) is 8.84. The number of rotatable bonds is 10. The summed E-state index contributed by atoms with van der Waals surface area (Å²) in [6.45, 7) is 4.09. The number of amides is 2. The number of carbonyl (C=O) groups excluding carboxylic acids is 3. The quantitative estimate of drug-likeness (QED) is 0.520. The molecule has 25 heavy (non-hydrogen) atoms. The van der Waals surface area contributed by atoms with Crippen molar-refractivity contribution in [2.45, 2.75) is 39.0 Å². The van der Waals surface area contributed by atoms with Gasteiger partial charge in [0.05, 0.1) is 6.61 Å². The molecule has 6 heteroatoms. The van der Waals surface area contributed by atoms with E-state index in [0.717, 1.165) is 19.4 Å². The molecule has 0 aromatic heterocycles. The van der Waals surface area contributed by atoms with E-state index in [0.29, 0.717) is 50.3 Å². The van der Waals surface area contributed by atoms with Crippen LogP contribution in [0.4, 0.5) is 0 Å². The second-order valence-corrected chi connectivity index (χ2v) is 6.22. The van der Waals surface area contributed by atoms with Crippen molar-refractivity contribution in [1.29, 1.82) is 0 Å². The molecule has 0 aliphatic carbocycles. The van der Waals surface area contributed by atoms with Crippen LogP contribution in [0.5, 0.6) is 5.75 Å². The standard InChI is InChI=1S/C19H26N2O4/c1-15(22)16-6-2-7-17(14-16)25-13-4-8-18(23)20-10-5-12-21-11-3-9-19(21)24/h2,6-7,14H,3-5,8-13H2,1H3,(H,20,23).